The van der Waals surface area contributed by atoms with Crippen LogP contribution in [-0.4, -0.2) is 11.1 Å². The predicted molar refractivity (Wildman–Crippen MR) is 72.7 cm³/mol. The second-order valence-electron chi connectivity index (χ2n) is 4.94. The normalized spacial score (nSPS) is 12.4. The molecule has 1 heterocycles. The molecule has 1 aromatic heterocycles. The van der Waals surface area contributed by atoms with E-state index in [0.29, 0.717) is 5.69 Å². The third kappa shape index (κ3) is 3.22. The molecule has 0 aliphatic rings. The van der Waals surface area contributed by atoms with Gasteiger partial charge < -0.3 is 9.84 Å². The van der Waals surface area contributed by atoms with E-state index in [2.05, 4.69) is 24.3 Å². The molecule has 100 valence electrons. The Morgan fingerprint density at radius 2 is 1.95 bits per heavy atom. The summed E-state index contributed by atoms with van der Waals surface area (Å²) in [5.74, 6) is 0.303. The number of rotatable bonds is 4. The van der Waals surface area contributed by atoms with Crippen molar-refractivity contribution in [1.82, 2.24) is 10.5 Å². The molecule has 1 amide bonds. The fourth-order valence-electron chi connectivity index (χ4n) is 1.98. The van der Waals surface area contributed by atoms with Crippen molar-refractivity contribution in [3.8, 4) is 0 Å². The molecule has 1 atom stereocenters. The van der Waals surface area contributed by atoms with Gasteiger partial charge in [0.15, 0.2) is 0 Å². The summed E-state index contributed by atoms with van der Waals surface area (Å²) in [6, 6.07) is 11.5. The third-order valence-corrected chi connectivity index (χ3v) is 2.96. The molecule has 0 saturated carbocycles. The first-order chi connectivity index (χ1) is 9.08. The number of benzene rings is 1. The van der Waals surface area contributed by atoms with Crippen LogP contribution in [0.15, 0.2) is 40.9 Å². The fraction of sp³-hybridized carbons (Fsp3) is 0.333. The molecule has 0 fully saturated rings. The van der Waals surface area contributed by atoms with Gasteiger partial charge in [0.1, 0.15) is 0 Å². The molecule has 0 aliphatic heterocycles. The van der Waals surface area contributed by atoms with Gasteiger partial charge in [-0.15, -0.1) is 0 Å². The molecule has 0 spiro atoms. The summed E-state index contributed by atoms with van der Waals surface area (Å²) < 4.78 is 4.98. The summed E-state index contributed by atoms with van der Waals surface area (Å²) in [5.41, 5.74) is 1.79. The highest BCUT2D eigenvalue weighted by atomic mass is 16.5. The van der Waals surface area contributed by atoms with Crippen LogP contribution in [0.5, 0.6) is 0 Å². The molecule has 0 radical (unpaired) electrons. The van der Waals surface area contributed by atoms with Crippen molar-refractivity contribution in [2.45, 2.75) is 26.8 Å². The van der Waals surface area contributed by atoms with E-state index >= 15 is 0 Å². The number of amides is 1. The van der Waals surface area contributed by atoms with Gasteiger partial charge in [0, 0.05) is 6.07 Å². The first kappa shape index (κ1) is 13.3. The SMILES string of the molecule is Cc1cc(C(=O)NC(c2ccccc2)C(C)C)on1. The highest BCUT2D eigenvalue weighted by Crippen LogP contribution is 2.21. The Balaban J connectivity index is 2.16. The highest BCUT2D eigenvalue weighted by Gasteiger charge is 2.20. The number of carbonyl (C=O) groups excluding carboxylic acids is 1. The van der Waals surface area contributed by atoms with Crippen LogP contribution in [-0.2, 0) is 0 Å². The quantitative estimate of drug-likeness (QED) is 0.916. The molecule has 2 rings (SSSR count). The molecule has 19 heavy (non-hydrogen) atoms. The van der Waals surface area contributed by atoms with Crippen LogP contribution in [0.4, 0.5) is 0 Å². The summed E-state index contributed by atoms with van der Waals surface area (Å²) in [4.78, 5) is 12.1. The van der Waals surface area contributed by atoms with E-state index in [-0.39, 0.29) is 23.6 Å². The molecule has 0 saturated heterocycles. The molecule has 2 aromatic rings. The first-order valence-corrected chi connectivity index (χ1v) is 6.37. The number of aryl methyl sites for hydroxylation is 1. The van der Waals surface area contributed by atoms with Crippen molar-refractivity contribution in [3.63, 3.8) is 0 Å². The van der Waals surface area contributed by atoms with Gasteiger partial charge in [-0.3, -0.25) is 4.79 Å². The Kier molecular flexibility index (Phi) is 4.00. The molecule has 1 aromatic carbocycles. The Morgan fingerprint density at radius 3 is 2.47 bits per heavy atom. The lowest BCUT2D eigenvalue weighted by atomic mass is 9.96. The molecule has 1 N–H and O–H groups in total. The van der Waals surface area contributed by atoms with Gasteiger partial charge in [-0.2, -0.15) is 0 Å². The van der Waals surface area contributed by atoms with Crippen molar-refractivity contribution in [3.05, 3.63) is 53.4 Å². The Hall–Kier alpha value is -2.10. The lowest BCUT2D eigenvalue weighted by Crippen LogP contribution is -2.31. The van der Waals surface area contributed by atoms with Crippen LogP contribution in [0.3, 0.4) is 0 Å². The molecule has 1 unspecified atom stereocenters. The number of carbonyl (C=O) groups is 1. The van der Waals surface area contributed by atoms with Crippen LogP contribution < -0.4 is 5.32 Å². The first-order valence-electron chi connectivity index (χ1n) is 6.37. The maximum absolute atomic E-state index is 12.1. The summed E-state index contributed by atoms with van der Waals surface area (Å²) in [7, 11) is 0. The van der Waals surface area contributed by atoms with E-state index in [1.54, 1.807) is 13.0 Å². The number of nitrogens with zero attached hydrogens (tertiary/aromatic N) is 1. The predicted octanol–water partition coefficient (Wildman–Crippen LogP) is 3.11. The smallest absolute Gasteiger partial charge is 0.290 e. The number of hydrogen-bond donors (Lipinski definition) is 1. The van der Waals surface area contributed by atoms with Crippen molar-refractivity contribution < 1.29 is 9.32 Å². The van der Waals surface area contributed by atoms with E-state index in [1.807, 2.05) is 30.3 Å². The number of nitrogens with one attached hydrogen (secondary N) is 1. The van der Waals surface area contributed by atoms with Gasteiger partial charge >= 0.3 is 0 Å². The molecule has 0 bridgehead atoms. The average Bonchev–Trinajstić information content (AvgIpc) is 2.83. The van der Waals surface area contributed by atoms with Crippen molar-refractivity contribution >= 4 is 5.91 Å². The molecule has 0 aliphatic carbocycles. The summed E-state index contributed by atoms with van der Waals surface area (Å²) in [6.07, 6.45) is 0. The minimum absolute atomic E-state index is 0.0425. The van der Waals surface area contributed by atoms with E-state index in [0.717, 1.165) is 5.56 Å². The van der Waals surface area contributed by atoms with Gasteiger partial charge in [-0.05, 0) is 18.4 Å². The second-order valence-corrected chi connectivity index (χ2v) is 4.94. The standard InChI is InChI=1S/C15H18N2O2/c1-10(2)14(12-7-5-4-6-8-12)16-15(18)13-9-11(3)17-19-13/h4-10,14H,1-3H3,(H,16,18). The molecular formula is C15H18N2O2. The van der Waals surface area contributed by atoms with E-state index in [4.69, 9.17) is 4.52 Å². The average molecular weight is 258 g/mol. The third-order valence-electron chi connectivity index (χ3n) is 2.96. The van der Waals surface area contributed by atoms with Crippen molar-refractivity contribution in [2.75, 3.05) is 0 Å². The van der Waals surface area contributed by atoms with E-state index in [9.17, 15) is 4.79 Å². The fourth-order valence-corrected chi connectivity index (χ4v) is 1.98. The van der Waals surface area contributed by atoms with Gasteiger partial charge in [-0.25, -0.2) is 0 Å². The zero-order valence-corrected chi connectivity index (χ0v) is 11.4. The topological polar surface area (TPSA) is 55.1 Å². The highest BCUT2D eigenvalue weighted by molar-refractivity contribution is 5.91. The van der Waals surface area contributed by atoms with Gasteiger partial charge in [-0.1, -0.05) is 49.3 Å². The minimum Gasteiger partial charge on any atom is -0.351 e. The Labute approximate surface area is 112 Å². The largest absolute Gasteiger partial charge is 0.351 e. The maximum Gasteiger partial charge on any atom is 0.290 e. The summed E-state index contributed by atoms with van der Waals surface area (Å²) in [5, 5.41) is 6.72. The summed E-state index contributed by atoms with van der Waals surface area (Å²) in [6.45, 7) is 5.94. The van der Waals surface area contributed by atoms with Crippen LogP contribution in [0.1, 0.15) is 41.7 Å². The zero-order valence-electron chi connectivity index (χ0n) is 11.4. The summed E-state index contributed by atoms with van der Waals surface area (Å²) >= 11 is 0. The minimum atomic E-state index is -0.233. The lowest BCUT2D eigenvalue weighted by molar-refractivity contribution is 0.0888. The van der Waals surface area contributed by atoms with Crippen molar-refractivity contribution in [1.29, 1.82) is 0 Å². The maximum atomic E-state index is 12.1. The lowest BCUT2D eigenvalue weighted by Gasteiger charge is -2.22. The Bertz CT molecular complexity index is 546. The molecule has 4 heteroatoms. The van der Waals surface area contributed by atoms with Crippen LogP contribution in [0, 0.1) is 12.8 Å². The van der Waals surface area contributed by atoms with Gasteiger partial charge in [0.25, 0.3) is 5.91 Å². The molecule has 4 nitrogen and oxygen atoms in total. The zero-order chi connectivity index (χ0) is 13.8. The van der Waals surface area contributed by atoms with Crippen LogP contribution in [0.25, 0.3) is 0 Å². The molecular weight excluding hydrogens is 240 g/mol. The van der Waals surface area contributed by atoms with Crippen molar-refractivity contribution in [2.24, 2.45) is 5.92 Å². The van der Waals surface area contributed by atoms with Gasteiger partial charge in [0.2, 0.25) is 5.76 Å². The van der Waals surface area contributed by atoms with E-state index < -0.39 is 0 Å². The van der Waals surface area contributed by atoms with Gasteiger partial charge in [0.05, 0.1) is 11.7 Å². The number of aromatic nitrogens is 1. The monoisotopic (exact) mass is 258 g/mol. The second kappa shape index (κ2) is 5.69. The van der Waals surface area contributed by atoms with Crippen LogP contribution in [0.2, 0.25) is 0 Å². The van der Waals surface area contributed by atoms with Crippen LogP contribution >= 0.6 is 0 Å². The van der Waals surface area contributed by atoms with E-state index in [1.165, 1.54) is 0 Å². The number of hydrogen-bond acceptors (Lipinski definition) is 3. The Morgan fingerprint density at radius 1 is 1.26 bits per heavy atom.